The predicted octanol–water partition coefficient (Wildman–Crippen LogP) is 3.78. The highest BCUT2D eigenvalue weighted by Crippen LogP contribution is 2.26. The molecule has 0 fully saturated rings. The van der Waals surface area contributed by atoms with Gasteiger partial charge in [0, 0.05) is 17.1 Å². The minimum absolute atomic E-state index is 0.0471. The lowest BCUT2D eigenvalue weighted by Crippen LogP contribution is -2.05. The van der Waals surface area contributed by atoms with Gasteiger partial charge >= 0.3 is 0 Å². The summed E-state index contributed by atoms with van der Waals surface area (Å²) in [6.07, 6.45) is 1.73. The number of aryl methyl sites for hydroxylation is 1. The van der Waals surface area contributed by atoms with Crippen LogP contribution in [0.2, 0.25) is 0 Å². The topological polar surface area (TPSA) is 39.2 Å². The van der Waals surface area contributed by atoms with E-state index in [1.54, 1.807) is 13.3 Å². The molecule has 104 valence electrons. The van der Waals surface area contributed by atoms with Crippen molar-refractivity contribution in [3.05, 3.63) is 71.4 Å². The Balaban J connectivity index is 2.20. The number of pyridine rings is 1. The fraction of sp³-hybridized carbons (Fsp3) is 0.111. The van der Waals surface area contributed by atoms with Gasteiger partial charge in [-0.2, -0.15) is 0 Å². The van der Waals surface area contributed by atoms with Crippen molar-refractivity contribution in [2.45, 2.75) is 6.92 Å². The largest absolute Gasteiger partial charge is 0.496 e. The lowest BCUT2D eigenvalue weighted by Gasteiger charge is -2.10. The quantitative estimate of drug-likeness (QED) is 0.684. The van der Waals surface area contributed by atoms with E-state index in [2.05, 4.69) is 4.98 Å². The van der Waals surface area contributed by atoms with E-state index in [0.29, 0.717) is 16.9 Å². The number of ketones is 1. The Labute approximate surface area is 123 Å². The molecule has 0 aliphatic heterocycles. The van der Waals surface area contributed by atoms with Gasteiger partial charge in [0.15, 0.2) is 5.78 Å². The Morgan fingerprint density at radius 3 is 2.71 bits per heavy atom. The monoisotopic (exact) mass is 277 g/mol. The normalized spacial score (nSPS) is 10.6. The van der Waals surface area contributed by atoms with Crippen LogP contribution in [0, 0.1) is 6.92 Å². The fourth-order valence-corrected chi connectivity index (χ4v) is 2.45. The van der Waals surface area contributed by atoms with Crippen LogP contribution in [0.15, 0.2) is 54.7 Å². The summed E-state index contributed by atoms with van der Waals surface area (Å²) >= 11 is 0. The fourth-order valence-electron chi connectivity index (χ4n) is 2.45. The predicted molar refractivity (Wildman–Crippen MR) is 82.9 cm³/mol. The van der Waals surface area contributed by atoms with E-state index in [1.165, 1.54) is 0 Å². The molecule has 3 nitrogen and oxygen atoms in total. The first kappa shape index (κ1) is 13.3. The van der Waals surface area contributed by atoms with Gasteiger partial charge in [-0.3, -0.25) is 9.78 Å². The zero-order valence-electron chi connectivity index (χ0n) is 12.0. The summed E-state index contributed by atoms with van der Waals surface area (Å²) in [4.78, 5) is 17.2. The van der Waals surface area contributed by atoms with Gasteiger partial charge in [-0.05, 0) is 31.2 Å². The van der Waals surface area contributed by atoms with Gasteiger partial charge in [0.1, 0.15) is 5.75 Å². The molecule has 3 rings (SSSR count). The third kappa shape index (κ3) is 2.38. The molecule has 0 amide bonds. The average molecular weight is 277 g/mol. The lowest BCUT2D eigenvalue weighted by atomic mass is 9.97. The smallest absolute Gasteiger partial charge is 0.197 e. The first-order valence-electron chi connectivity index (χ1n) is 6.74. The Kier molecular flexibility index (Phi) is 3.40. The summed E-state index contributed by atoms with van der Waals surface area (Å²) in [7, 11) is 1.58. The van der Waals surface area contributed by atoms with Crippen molar-refractivity contribution in [1.82, 2.24) is 4.98 Å². The zero-order valence-corrected chi connectivity index (χ0v) is 12.0. The van der Waals surface area contributed by atoms with Gasteiger partial charge in [0.2, 0.25) is 0 Å². The summed E-state index contributed by atoms with van der Waals surface area (Å²) in [5.74, 6) is 0.542. The minimum Gasteiger partial charge on any atom is -0.496 e. The van der Waals surface area contributed by atoms with Crippen LogP contribution in [-0.4, -0.2) is 17.9 Å². The molecule has 1 heterocycles. The van der Waals surface area contributed by atoms with Gasteiger partial charge < -0.3 is 4.74 Å². The number of methoxy groups -OCH3 is 1. The Morgan fingerprint density at radius 2 is 1.90 bits per heavy atom. The van der Waals surface area contributed by atoms with E-state index in [1.807, 2.05) is 55.5 Å². The molecule has 2 aromatic carbocycles. The van der Waals surface area contributed by atoms with E-state index in [4.69, 9.17) is 4.74 Å². The number of fused-ring (bicyclic) bond motifs is 1. The number of hydrogen-bond acceptors (Lipinski definition) is 3. The van der Waals surface area contributed by atoms with Crippen molar-refractivity contribution in [1.29, 1.82) is 0 Å². The van der Waals surface area contributed by atoms with Crippen molar-refractivity contribution in [2.24, 2.45) is 0 Å². The van der Waals surface area contributed by atoms with Crippen LogP contribution in [-0.2, 0) is 0 Å². The molecule has 0 saturated carbocycles. The van der Waals surface area contributed by atoms with Gasteiger partial charge in [0.25, 0.3) is 0 Å². The SMILES string of the molecule is COc1ccc(C)cc1C(=O)c1cccc2ncccc12. The molecule has 0 atom stereocenters. The molecule has 0 bridgehead atoms. The number of ether oxygens (including phenoxy) is 1. The van der Waals surface area contributed by atoms with E-state index in [9.17, 15) is 4.79 Å². The van der Waals surface area contributed by atoms with Crippen molar-refractivity contribution in [2.75, 3.05) is 7.11 Å². The molecule has 3 heteroatoms. The summed E-state index contributed by atoms with van der Waals surface area (Å²) < 4.78 is 5.32. The van der Waals surface area contributed by atoms with Gasteiger partial charge in [-0.25, -0.2) is 0 Å². The first-order chi connectivity index (χ1) is 10.2. The van der Waals surface area contributed by atoms with Crippen LogP contribution < -0.4 is 4.74 Å². The van der Waals surface area contributed by atoms with Gasteiger partial charge in [-0.15, -0.1) is 0 Å². The third-order valence-electron chi connectivity index (χ3n) is 3.49. The van der Waals surface area contributed by atoms with Crippen LogP contribution in [0.4, 0.5) is 0 Å². The number of carbonyl (C=O) groups is 1. The van der Waals surface area contributed by atoms with Crippen LogP contribution in [0.1, 0.15) is 21.5 Å². The molecule has 0 saturated heterocycles. The Bertz CT molecular complexity index is 819. The maximum atomic E-state index is 12.9. The molecular formula is C18H15NO2. The van der Waals surface area contributed by atoms with E-state index < -0.39 is 0 Å². The molecule has 0 aliphatic carbocycles. The van der Waals surface area contributed by atoms with Crippen LogP contribution in [0.5, 0.6) is 5.75 Å². The number of carbonyl (C=O) groups excluding carboxylic acids is 1. The summed E-state index contributed by atoms with van der Waals surface area (Å²) in [6.45, 7) is 1.96. The standard InChI is InChI=1S/C18H15NO2/c1-12-8-9-17(21-2)15(11-12)18(20)14-5-3-7-16-13(14)6-4-10-19-16/h3-11H,1-2H3. The number of aromatic nitrogens is 1. The first-order valence-corrected chi connectivity index (χ1v) is 6.74. The second-order valence-electron chi connectivity index (χ2n) is 4.91. The molecule has 0 radical (unpaired) electrons. The minimum atomic E-state index is -0.0471. The molecule has 0 aliphatic rings. The van der Waals surface area contributed by atoms with Crippen molar-refractivity contribution in [3.63, 3.8) is 0 Å². The van der Waals surface area contributed by atoms with Crippen molar-refractivity contribution in [3.8, 4) is 5.75 Å². The summed E-state index contributed by atoms with van der Waals surface area (Å²) in [6, 6.07) is 14.9. The van der Waals surface area contributed by atoms with Gasteiger partial charge in [-0.1, -0.05) is 29.8 Å². The van der Waals surface area contributed by atoms with Crippen molar-refractivity contribution >= 4 is 16.7 Å². The second-order valence-corrected chi connectivity index (χ2v) is 4.91. The summed E-state index contributed by atoms with van der Waals surface area (Å²) in [5, 5.41) is 0.855. The number of nitrogens with zero attached hydrogens (tertiary/aromatic N) is 1. The molecule has 1 aromatic heterocycles. The second kappa shape index (κ2) is 5.37. The maximum absolute atomic E-state index is 12.9. The molecule has 0 spiro atoms. The van der Waals surface area contributed by atoms with E-state index >= 15 is 0 Å². The Morgan fingerprint density at radius 1 is 1.05 bits per heavy atom. The molecule has 3 aromatic rings. The van der Waals surface area contributed by atoms with Crippen molar-refractivity contribution < 1.29 is 9.53 Å². The van der Waals surface area contributed by atoms with Crippen LogP contribution in [0.3, 0.4) is 0 Å². The number of rotatable bonds is 3. The van der Waals surface area contributed by atoms with E-state index in [-0.39, 0.29) is 5.78 Å². The average Bonchev–Trinajstić information content (AvgIpc) is 2.53. The highest BCUT2D eigenvalue weighted by Gasteiger charge is 2.17. The summed E-state index contributed by atoms with van der Waals surface area (Å²) in [5.41, 5.74) is 3.06. The van der Waals surface area contributed by atoms with Gasteiger partial charge in [0.05, 0.1) is 18.2 Å². The van der Waals surface area contributed by atoms with Crippen LogP contribution >= 0.6 is 0 Å². The zero-order chi connectivity index (χ0) is 14.8. The van der Waals surface area contributed by atoms with E-state index in [0.717, 1.165) is 16.5 Å². The molecule has 0 unspecified atom stereocenters. The lowest BCUT2D eigenvalue weighted by molar-refractivity contribution is 0.103. The maximum Gasteiger partial charge on any atom is 0.197 e. The number of benzene rings is 2. The number of hydrogen-bond donors (Lipinski definition) is 0. The molecular weight excluding hydrogens is 262 g/mol. The highest BCUT2D eigenvalue weighted by molar-refractivity contribution is 6.17. The molecule has 21 heavy (non-hydrogen) atoms. The Hall–Kier alpha value is -2.68. The highest BCUT2D eigenvalue weighted by atomic mass is 16.5. The third-order valence-corrected chi connectivity index (χ3v) is 3.49. The molecule has 0 N–H and O–H groups in total. The van der Waals surface area contributed by atoms with Crippen LogP contribution in [0.25, 0.3) is 10.9 Å².